The molecule has 116 valence electrons. The third kappa shape index (κ3) is 3.72. The van der Waals surface area contributed by atoms with Crippen LogP contribution in [0, 0.1) is 5.41 Å². The van der Waals surface area contributed by atoms with E-state index in [-0.39, 0.29) is 24.6 Å². The van der Waals surface area contributed by atoms with E-state index < -0.39 is 0 Å². The third-order valence-electron chi connectivity index (χ3n) is 3.78. The molecule has 0 amide bonds. The molecule has 1 aliphatic heterocycles. The van der Waals surface area contributed by atoms with Crippen LogP contribution < -0.4 is 10.5 Å². The lowest BCUT2D eigenvalue weighted by molar-refractivity contribution is -0.0805. The first kappa shape index (κ1) is 15.8. The maximum absolute atomic E-state index is 9.23. The lowest BCUT2D eigenvalue weighted by Gasteiger charge is -2.37. The van der Waals surface area contributed by atoms with Gasteiger partial charge in [-0.2, -0.15) is 0 Å². The Balaban J connectivity index is 2.15. The Morgan fingerprint density at radius 1 is 1.57 bits per heavy atom. The van der Waals surface area contributed by atoms with Crippen molar-refractivity contribution in [1.82, 2.24) is 4.90 Å². The van der Waals surface area contributed by atoms with Crippen LogP contribution in [0.2, 0.25) is 0 Å². The van der Waals surface area contributed by atoms with Crippen molar-refractivity contribution in [2.45, 2.75) is 25.6 Å². The fourth-order valence-corrected chi connectivity index (χ4v) is 2.50. The molecule has 0 saturated carbocycles. The Morgan fingerprint density at radius 2 is 2.33 bits per heavy atom. The molecule has 2 atom stereocenters. The van der Waals surface area contributed by atoms with Crippen molar-refractivity contribution in [2.75, 3.05) is 26.9 Å². The van der Waals surface area contributed by atoms with Crippen molar-refractivity contribution in [3.05, 3.63) is 29.3 Å². The van der Waals surface area contributed by atoms with Crippen LogP contribution in [0.5, 0.6) is 5.75 Å². The number of nitrogens with two attached hydrogens (primary N) is 1. The third-order valence-corrected chi connectivity index (χ3v) is 3.78. The standard InChI is InChI=1S/C15H23N3O3/c1-10-9-21-12(8-19)7-18(10)6-11-3-4-14(20-2)13(5-11)15(16)17/h3-5,10,12,19H,6-9H2,1-2H3,(H3,16,17). The molecule has 0 spiro atoms. The van der Waals surface area contributed by atoms with Gasteiger partial charge in [-0.25, -0.2) is 0 Å². The molecule has 1 aromatic carbocycles. The predicted octanol–water partition coefficient (Wildman–Crippen LogP) is 0.561. The Bertz CT molecular complexity index is 507. The summed E-state index contributed by atoms with van der Waals surface area (Å²) in [6.45, 7) is 4.17. The van der Waals surface area contributed by atoms with Crippen molar-refractivity contribution in [1.29, 1.82) is 5.41 Å². The monoisotopic (exact) mass is 293 g/mol. The van der Waals surface area contributed by atoms with E-state index in [9.17, 15) is 5.11 Å². The quantitative estimate of drug-likeness (QED) is 0.545. The smallest absolute Gasteiger partial charge is 0.129 e. The highest BCUT2D eigenvalue weighted by Gasteiger charge is 2.25. The summed E-state index contributed by atoms with van der Waals surface area (Å²) >= 11 is 0. The maximum atomic E-state index is 9.23. The molecule has 1 saturated heterocycles. The second-order valence-electron chi connectivity index (χ2n) is 5.36. The van der Waals surface area contributed by atoms with Gasteiger partial charge < -0.3 is 20.3 Å². The van der Waals surface area contributed by atoms with E-state index in [2.05, 4.69) is 11.8 Å². The second kappa shape index (κ2) is 6.89. The predicted molar refractivity (Wildman–Crippen MR) is 80.7 cm³/mol. The molecule has 1 heterocycles. The SMILES string of the molecule is COc1ccc(CN2CC(CO)OCC2C)cc1C(=N)N. The molecule has 1 fully saturated rings. The number of benzene rings is 1. The lowest BCUT2D eigenvalue weighted by Crippen LogP contribution is -2.48. The molecule has 6 heteroatoms. The van der Waals surface area contributed by atoms with Gasteiger partial charge in [-0.05, 0) is 24.6 Å². The highest BCUT2D eigenvalue weighted by molar-refractivity contribution is 5.97. The highest BCUT2D eigenvalue weighted by Crippen LogP contribution is 2.22. The molecule has 2 unspecified atom stereocenters. The molecule has 0 radical (unpaired) electrons. The van der Waals surface area contributed by atoms with Crippen LogP contribution >= 0.6 is 0 Å². The minimum absolute atomic E-state index is 0.00281. The van der Waals surface area contributed by atoms with Gasteiger partial charge in [-0.1, -0.05) is 6.07 Å². The zero-order valence-corrected chi connectivity index (χ0v) is 12.5. The number of ether oxygens (including phenoxy) is 2. The second-order valence-corrected chi connectivity index (χ2v) is 5.36. The average Bonchev–Trinajstić information content (AvgIpc) is 2.49. The van der Waals surface area contributed by atoms with Crippen molar-refractivity contribution in [3.63, 3.8) is 0 Å². The van der Waals surface area contributed by atoms with E-state index in [1.54, 1.807) is 7.11 Å². The molecule has 1 aromatic rings. The summed E-state index contributed by atoms with van der Waals surface area (Å²) in [5.41, 5.74) is 7.27. The number of aliphatic hydroxyl groups is 1. The zero-order valence-electron chi connectivity index (χ0n) is 12.5. The van der Waals surface area contributed by atoms with Gasteiger partial charge in [0.1, 0.15) is 11.6 Å². The van der Waals surface area contributed by atoms with E-state index in [0.717, 1.165) is 12.1 Å². The van der Waals surface area contributed by atoms with Crippen LogP contribution in [0.1, 0.15) is 18.1 Å². The summed E-state index contributed by atoms with van der Waals surface area (Å²) < 4.78 is 10.8. The molecule has 21 heavy (non-hydrogen) atoms. The van der Waals surface area contributed by atoms with Crippen LogP contribution in [-0.2, 0) is 11.3 Å². The molecule has 0 aromatic heterocycles. The van der Waals surface area contributed by atoms with E-state index in [1.165, 1.54) is 0 Å². The van der Waals surface area contributed by atoms with Crippen molar-refractivity contribution < 1.29 is 14.6 Å². The van der Waals surface area contributed by atoms with Gasteiger partial charge in [0.05, 0.1) is 32.0 Å². The minimum Gasteiger partial charge on any atom is -0.496 e. The number of hydrogen-bond acceptors (Lipinski definition) is 5. The Labute approximate surface area is 125 Å². The fraction of sp³-hybridized carbons (Fsp3) is 0.533. The van der Waals surface area contributed by atoms with E-state index in [4.69, 9.17) is 20.6 Å². The molecule has 2 rings (SSSR count). The van der Waals surface area contributed by atoms with Gasteiger partial charge in [-0.3, -0.25) is 10.3 Å². The summed E-state index contributed by atoms with van der Waals surface area (Å²) in [7, 11) is 1.57. The minimum atomic E-state index is -0.133. The molecule has 1 aliphatic rings. The number of rotatable bonds is 5. The van der Waals surface area contributed by atoms with Gasteiger partial charge in [0.2, 0.25) is 0 Å². The van der Waals surface area contributed by atoms with Gasteiger partial charge in [0.15, 0.2) is 0 Å². The number of hydrogen-bond donors (Lipinski definition) is 3. The van der Waals surface area contributed by atoms with Crippen molar-refractivity contribution >= 4 is 5.84 Å². The number of nitrogen functional groups attached to an aromatic ring is 1. The maximum Gasteiger partial charge on any atom is 0.129 e. The Kier molecular flexibility index (Phi) is 5.17. The van der Waals surface area contributed by atoms with Crippen LogP contribution in [0.4, 0.5) is 0 Å². The first-order valence-corrected chi connectivity index (χ1v) is 7.03. The van der Waals surface area contributed by atoms with Crippen LogP contribution in [0.3, 0.4) is 0 Å². The van der Waals surface area contributed by atoms with Gasteiger partial charge in [-0.15, -0.1) is 0 Å². The van der Waals surface area contributed by atoms with Crippen LogP contribution in [0.25, 0.3) is 0 Å². The molecule has 0 aliphatic carbocycles. The normalized spacial score (nSPS) is 23.0. The summed E-state index contributed by atoms with van der Waals surface area (Å²) in [4.78, 5) is 2.26. The number of nitrogens with one attached hydrogen (secondary N) is 1. The fourth-order valence-electron chi connectivity index (χ4n) is 2.50. The number of amidine groups is 1. The van der Waals surface area contributed by atoms with Gasteiger partial charge in [0.25, 0.3) is 0 Å². The van der Waals surface area contributed by atoms with Crippen LogP contribution in [-0.4, -0.2) is 54.9 Å². The molecular formula is C15H23N3O3. The summed E-state index contributed by atoms with van der Waals surface area (Å²) in [5, 5.41) is 16.9. The molecular weight excluding hydrogens is 270 g/mol. The summed E-state index contributed by atoms with van der Waals surface area (Å²) in [6.07, 6.45) is -0.133. The Hall–Kier alpha value is -1.63. The van der Waals surface area contributed by atoms with Crippen LogP contribution in [0.15, 0.2) is 18.2 Å². The van der Waals surface area contributed by atoms with E-state index in [0.29, 0.717) is 24.5 Å². The number of morpholine rings is 1. The van der Waals surface area contributed by atoms with Gasteiger partial charge >= 0.3 is 0 Å². The first-order valence-electron chi connectivity index (χ1n) is 7.03. The van der Waals surface area contributed by atoms with Crippen molar-refractivity contribution in [3.8, 4) is 5.75 Å². The molecule has 0 bridgehead atoms. The topological polar surface area (TPSA) is 91.8 Å². The molecule has 6 nitrogen and oxygen atoms in total. The molecule has 4 N–H and O–H groups in total. The summed E-state index contributed by atoms with van der Waals surface area (Å²) in [6, 6.07) is 5.98. The lowest BCUT2D eigenvalue weighted by atomic mass is 10.1. The number of nitrogens with zero attached hydrogens (tertiary/aromatic N) is 1. The first-order chi connectivity index (χ1) is 10.0. The average molecular weight is 293 g/mol. The highest BCUT2D eigenvalue weighted by atomic mass is 16.5. The largest absolute Gasteiger partial charge is 0.496 e. The number of aliphatic hydroxyl groups excluding tert-OH is 1. The van der Waals surface area contributed by atoms with E-state index in [1.807, 2.05) is 18.2 Å². The zero-order chi connectivity index (χ0) is 15.4. The van der Waals surface area contributed by atoms with Crippen molar-refractivity contribution in [2.24, 2.45) is 5.73 Å². The van der Waals surface area contributed by atoms with E-state index >= 15 is 0 Å². The van der Waals surface area contributed by atoms with Gasteiger partial charge in [0, 0.05) is 19.1 Å². The Morgan fingerprint density at radius 3 is 2.95 bits per heavy atom. The summed E-state index contributed by atoms with van der Waals surface area (Å²) in [5.74, 6) is 0.603. The number of methoxy groups -OCH3 is 1.